The van der Waals surface area contributed by atoms with E-state index in [0.717, 1.165) is 10.5 Å². The van der Waals surface area contributed by atoms with E-state index >= 15 is 0 Å². The average Bonchev–Trinajstić information content (AvgIpc) is 2.97. The Morgan fingerprint density at radius 3 is 2.38 bits per heavy atom. The van der Waals surface area contributed by atoms with Gasteiger partial charge in [-0.1, -0.05) is 17.7 Å². The van der Waals surface area contributed by atoms with Gasteiger partial charge in [-0.25, -0.2) is 27.7 Å². The Morgan fingerprint density at radius 2 is 1.86 bits per heavy atom. The Hall–Kier alpha value is -2.82. The van der Waals surface area contributed by atoms with E-state index in [2.05, 4.69) is 9.71 Å². The number of aryl methyl sites for hydroxylation is 1. The average molecular weight is 426 g/mol. The molecule has 10 nitrogen and oxygen atoms in total. The van der Waals surface area contributed by atoms with Crippen LogP contribution in [0.5, 0.6) is 0 Å². The zero-order valence-electron chi connectivity index (χ0n) is 16.7. The van der Waals surface area contributed by atoms with Gasteiger partial charge in [0.25, 0.3) is 10.0 Å². The number of nitrogens with one attached hydrogen (secondary N) is 1. The second-order valence-electron chi connectivity index (χ2n) is 7.81. The van der Waals surface area contributed by atoms with Gasteiger partial charge in [0, 0.05) is 13.0 Å². The van der Waals surface area contributed by atoms with E-state index in [1.165, 1.54) is 12.1 Å². The number of likely N-dealkylation sites (tertiary alicyclic amines) is 1. The van der Waals surface area contributed by atoms with Gasteiger partial charge in [0.05, 0.1) is 10.9 Å². The molecule has 1 saturated heterocycles. The number of guanidine groups is 1. The molecule has 1 aliphatic rings. The standard InChI is InChI=1S/C18H26N4O6S/c1-11-5-7-13(8-6-11)29(26,27)21-16(19)20-12-9-14(15(23)24)22(10-12)17(25)28-18(2,3)4/h5-8,12,14H,9-10H2,1-4H3,(H,23,24)(H3,19,20,21)/t12-,14-/m1/s1. The summed E-state index contributed by atoms with van der Waals surface area (Å²) in [5.41, 5.74) is 5.84. The molecule has 0 spiro atoms. The second-order valence-corrected chi connectivity index (χ2v) is 9.49. The van der Waals surface area contributed by atoms with Crippen LogP contribution in [0.1, 0.15) is 32.8 Å². The Labute approximate surface area is 169 Å². The molecule has 1 amide bonds. The molecule has 0 bridgehead atoms. The topological polar surface area (TPSA) is 151 Å². The van der Waals surface area contributed by atoms with Crippen molar-refractivity contribution >= 4 is 28.0 Å². The Kier molecular flexibility index (Phi) is 6.41. The van der Waals surface area contributed by atoms with Gasteiger partial charge in [0.2, 0.25) is 5.96 Å². The summed E-state index contributed by atoms with van der Waals surface area (Å²) in [4.78, 5) is 28.9. The summed E-state index contributed by atoms with van der Waals surface area (Å²) >= 11 is 0. The number of rotatable bonds is 4. The summed E-state index contributed by atoms with van der Waals surface area (Å²) in [5, 5.41) is 9.40. The highest BCUT2D eigenvalue weighted by Crippen LogP contribution is 2.23. The molecule has 1 heterocycles. The van der Waals surface area contributed by atoms with Crippen molar-refractivity contribution in [1.29, 1.82) is 0 Å². The summed E-state index contributed by atoms with van der Waals surface area (Å²) in [7, 11) is -3.93. The third-order valence-electron chi connectivity index (χ3n) is 4.08. The smallest absolute Gasteiger partial charge is 0.411 e. The molecule has 0 aliphatic carbocycles. The molecular formula is C18H26N4O6S. The fourth-order valence-electron chi connectivity index (χ4n) is 2.80. The molecule has 1 aromatic carbocycles. The molecule has 29 heavy (non-hydrogen) atoms. The third-order valence-corrected chi connectivity index (χ3v) is 5.45. The number of carbonyl (C=O) groups is 2. The van der Waals surface area contributed by atoms with E-state index in [1.807, 2.05) is 6.92 Å². The first-order valence-electron chi connectivity index (χ1n) is 8.93. The molecular weight excluding hydrogens is 400 g/mol. The summed E-state index contributed by atoms with van der Waals surface area (Å²) < 4.78 is 32.2. The largest absolute Gasteiger partial charge is 0.480 e. The van der Waals surface area contributed by atoms with Crippen LogP contribution in [0.15, 0.2) is 34.2 Å². The maximum Gasteiger partial charge on any atom is 0.411 e. The first-order valence-corrected chi connectivity index (χ1v) is 10.4. The molecule has 1 aromatic rings. The monoisotopic (exact) mass is 426 g/mol. The van der Waals surface area contributed by atoms with Crippen molar-refractivity contribution in [3.63, 3.8) is 0 Å². The van der Waals surface area contributed by atoms with Crippen LogP contribution in [-0.2, 0) is 19.6 Å². The van der Waals surface area contributed by atoms with Gasteiger partial charge in [-0.2, -0.15) is 0 Å². The number of hydrogen-bond donors (Lipinski definition) is 3. The van der Waals surface area contributed by atoms with Crippen LogP contribution >= 0.6 is 0 Å². The maximum absolute atomic E-state index is 12.4. The minimum absolute atomic E-state index is 0.0124. The fourth-order valence-corrected chi connectivity index (χ4v) is 3.74. The van der Waals surface area contributed by atoms with Gasteiger partial charge in [-0.05, 0) is 39.8 Å². The molecule has 0 radical (unpaired) electrons. The lowest BCUT2D eigenvalue weighted by atomic mass is 10.2. The van der Waals surface area contributed by atoms with E-state index in [9.17, 15) is 23.1 Å². The SMILES string of the molecule is Cc1ccc(S(=O)(=O)NC(N)=N[C@@H]2C[C@H](C(=O)O)N(C(=O)OC(C)(C)C)C2)cc1. The van der Waals surface area contributed by atoms with Crippen LogP contribution in [-0.4, -0.2) is 60.7 Å². The zero-order valence-corrected chi connectivity index (χ0v) is 17.6. The molecule has 160 valence electrons. The number of carboxylic acids is 1. The second kappa shape index (κ2) is 8.27. The Bertz CT molecular complexity index is 905. The van der Waals surface area contributed by atoms with Crippen molar-refractivity contribution in [3.8, 4) is 0 Å². The number of amides is 1. The zero-order chi connectivity index (χ0) is 22.0. The van der Waals surface area contributed by atoms with E-state index in [-0.39, 0.29) is 23.8 Å². The number of aliphatic carboxylic acids is 1. The van der Waals surface area contributed by atoms with Gasteiger partial charge in [0.1, 0.15) is 11.6 Å². The summed E-state index contributed by atoms with van der Waals surface area (Å²) in [6, 6.07) is 4.34. The number of nitrogens with zero attached hydrogens (tertiary/aromatic N) is 2. The van der Waals surface area contributed by atoms with Crippen molar-refractivity contribution in [1.82, 2.24) is 9.62 Å². The van der Waals surface area contributed by atoms with Gasteiger partial charge in [-0.3, -0.25) is 4.90 Å². The predicted octanol–water partition coefficient (Wildman–Crippen LogP) is 1.05. The number of nitrogens with two attached hydrogens (primary N) is 1. The normalized spacial score (nSPS) is 20.4. The van der Waals surface area contributed by atoms with Crippen LogP contribution in [0.3, 0.4) is 0 Å². The number of carbonyl (C=O) groups excluding carboxylic acids is 1. The molecule has 0 saturated carbocycles. The van der Waals surface area contributed by atoms with Gasteiger partial charge in [0.15, 0.2) is 0 Å². The summed E-state index contributed by atoms with van der Waals surface area (Å²) in [5.74, 6) is -1.59. The lowest BCUT2D eigenvalue weighted by Crippen LogP contribution is -2.43. The molecule has 1 aliphatic heterocycles. The first kappa shape index (κ1) is 22.5. The lowest BCUT2D eigenvalue weighted by molar-refractivity contribution is -0.142. The summed E-state index contributed by atoms with van der Waals surface area (Å²) in [6.07, 6.45) is -0.789. The van der Waals surface area contributed by atoms with E-state index in [0.29, 0.717) is 0 Å². The van der Waals surface area contributed by atoms with Crippen molar-refractivity contribution in [2.45, 2.75) is 56.7 Å². The van der Waals surface area contributed by atoms with Crippen LogP contribution in [0, 0.1) is 6.92 Å². The van der Waals surface area contributed by atoms with Crippen molar-refractivity contribution in [2.24, 2.45) is 10.7 Å². The Balaban J connectivity index is 2.13. The van der Waals surface area contributed by atoms with Crippen LogP contribution in [0.4, 0.5) is 4.79 Å². The van der Waals surface area contributed by atoms with Gasteiger partial charge in [-0.15, -0.1) is 0 Å². The first-order chi connectivity index (χ1) is 13.3. The number of ether oxygens (including phenoxy) is 1. The molecule has 0 unspecified atom stereocenters. The van der Waals surface area contributed by atoms with E-state index in [4.69, 9.17) is 10.5 Å². The van der Waals surface area contributed by atoms with Crippen molar-refractivity contribution in [2.75, 3.05) is 6.54 Å². The molecule has 0 aromatic heterocycles. The number of sulfonamides is 1. The number of hydrogen-bond acceptors (Lipinski definition) is 6. The maximum atomic E-state index is 12.4. The predicted molar refractivity (Wildman–Crippen MR) is 106 cm³/mol. The highest BCUT2D eigenvalue weighted by molar-refractivity contribution is 7.90. The molecule has 11 heteroatoms. The highest BCUT2D eigenvalue weighted by atomic mass is 32.2. The number of carboxylic acid groups (broad SMARTS) is 1. The third kappa shape index (κ3) is 6.08. The van der Waals surface area contributed by atoms with E-state index < -0.39 is 39.8 Å². The number of aliphatic imine (C=N–C) groups is 1. The number of benzene rings is 1. The molecule has 2 atom stereocenters. The molecule has 4 N–H and O–H groups in total. The molecule has 2 rings (SSSR count). The molecule has 1 fully saturated rings. The van der Waals surface area contributed by atoms with Crippen molar-refractivity contribution in [3.05, 3.63) is 29.8 Å². The fraction of sp³-hybridized carbons (Fsp3) is 0.500. The van der Waals surface area contributed by atoms with Crippen LogP contribution in [0.2, 0.25) is 0 Å². The van der Waals surface area contributed by atoms with E-state index in [1.54, 1.807) is 32.9 Å². The quantitative estimate of drug-likeness (QED) is 0.481. The highest BCUT2D eigenvalue weighted by Gasteiger charge is 2.41. The Morgan fingerprint density at radius 1 is 1.28 bits per heavy atom. The van der Waals surface area contributed by atoms with Gasteiger partial charge < -0.3 is 15.6 Å². The van der Waals surface area contributed by atoms with Crippen LogP contribution < -0.4 is 10.5 Å². The lowest BCUT2D eigenvalue weighted by Gasteiger charge is -2.26. The van der Waals surface area contributed by atoms with Crippen LogP contribution in [0.25, 0.3) is 0 Å². The van der Waals surface area contributed by atoms with Gasteiger partial charge >= 0.3 is 12.1 Å². The minimum atomic E-state index is -3.93. The summed E-state index contributed by atoms with van der Waals surface area (Å²) in [6.45, 7) is 6.78. The van der Waals surface area contributed by atoms with Crippen molar-refractivity contribution < 1.29 is 27.9 Å². The minimum Gasteiger partial charge on any atom is -0.480 e.